The van der Waals surface area contributed by atoms with Crippen LogP contribution in [0.3, 0.4) is 0 Å². The maximum Gasteiger partial charge on any atom is 0.317 e. The number of halogens is 1. The summed E-state index contributed by atoms with van der Waals surface area (Å²) in [7, 11) is 0. The van der Waals surface area contributed by atoms with Gasteiger partial charge in [-0.2, -0.15) is 0 Å². The lowest BCUT2D eigenvalue weighted by Gasteiger charge is -2.36. The number of hydrogen-bond acceptors (Lipinski definition) is 4. The van der Waals surface area contributed by atoms with E-state index in [0.717, 1.165) is 18.7 Å². The zero-order valence-electron chi connectivity index (χ0n) is 15.7. The summed E-state index contributed by atoms with van der Waals surface area (Å²) >= 11 is 6.02. The lowest BCUT2D eigenvalue weighted by Crippen LogP contribution is -2.55. The van der Waals surface area contributed by atoms with Gasteiger partial charge in [0, 0.05) is 44.3 Å². The van der Waals surface area contributed by atoms with Crippen molar-refractivity contribution < 1.29 is 14.3 Å². The number of piperazine rings is 1. The lowest BCUT2D eigenvalue weighted by molar-refractivity contribution is -0.134. The molecule has 2 fully saturated rings. The first kappa shape index (κ1) is 19.9. The molecule has 2 aliphatic heterocycles. The fourth-order valence-corrected chi connectivity index (χ4v) is 3.54. The van der Waals surface area contributed by atoms with Gasteiger partial charge in [-0.05, 0) is 24.6 Å². The molecule has 1 aromatic rings. The molecule has 3 amide bonds. The third-order valence-electron chi connectivity index (χ3n) is 5.07. The van der Waals surface area contributed by atoms with Gasteiger partial charge in [0.1, 0.15) is 0 Å². The Morgan fingerprint density at radius 1 is 1.11 bits per heavy atom. The number of urea groups is 1. The highest BCUT2D eigenvalue weighted by molar-refractivity contribution is 6.30. The number of carbonyl (C=O) groups excluding carboxylic acids is 2. The van der Waals surface area contributed by atoms with Crippen molar-refractivity contribution in [3.05, 3.63) is 34.9 Å². The number of nitrogens with zero attached hydrogens (tertiary/aromatic N) is 3. The zero-order valence-corrected chi connectivity index (χ0v) is 16.5. The molecule has 3 rings (SSSR count). The van der Waals surface area contributed by atoms with Crippen molar-refractivity contribution in [3.63, 3.8) is 0 Å². The van der Waals surface area contributed by atoms with Crippen LogP contribution in [-0.4, -0.2) is 85.7 Å². The van der Waals surface area contributed by atoms with Crippen LogP contribution < -0.4 is 5.32 Å². The van der Waals surface area contributed by atoms with Crippen molar-refractivity contribution >= 4 is 23.5 Å². The minimum Gasteiger partial charge on any atom is -0.379 e. The smallest absolute Gasteiger partial charge is 0.317 e. The SMILES string of the molecule is CC(NC(=O)N1CCN(C(=O)CN2CCOCC2)CC1)c1cccc(Cl)c1. The summed E-state index contributed by atoms with van der Waals surface area (Å²) in [6.45, 7) is 7.58. The van der Waals surface area contributed by atoms with Crippen molar-refractivity contribution in [3.8, 4) is 0 Å². The number of morpholine rings is 1. The van der Waals surface area contributed by atoms with E-state index in [1.807, 2.05) is 36.1 Å². The zero-order chi connectivity index (χ0) is 19.2. The van der Waals surface area contributed by atoms with Gasteiger partial charge < -0.3 is 19.9 Å². The van der Waals surface area contributed by atoms with Crippen molar-refractivity contribution in [2.75, 3.05) is 59.0 Å². The van der Waals surface area contributed by atoms with Crippen LogP contribution in [0.4, 0.5) is 4.79 Å². The second-order valence-corrected chi connectivity index (χ2v) is 7.42. The van der Waals surface area contributed by atoms with Gasteiger partial charge in [0.15, 0.2) is 0 Å². The van der Waals surface area contributed by atoms with Gasteiger partial charge in [0.25, 0.3) is 0 Å². The summed E-state index contributed by atoms with van der Waals surface area (Å²) in [5.41, 5.74) is 0.968. The average molecular weight is 395 g/mol. The molecule has 1 unspecified atom stereocenters. The molecule has 2 saturated heterocycles. The largest absolute Gasteiger partial charge is 0.379 e. The Morgan fingerprint density at radius 2 is 1.78 bits per heavy atom. The molecule has 2 aliphatic rings. The number of ether oxygens (including phenoxy) is 1. The standard InChI is InChI=1S/C19H27ClN4O3/c1-15(16-3-2-4-17(20)13-16)21-19(26)24-7-5-23(6-8-24)18(25)14-22-9-11-27-12-10-22/h2-4,13,15H,5-12,14H2,1H3,(H,21,26). The van der Waals surface area contributed by atoms with E-state index in [0.29, 0.717) is 51.0 Å². The summed E-state index contributed by atoms with van der Waals surface area (Å²) in [6, 6.07) is 7.25. The quantitative estimate of drug-likeness (QED) is 0.842. The first-order valence-electron chi connectivity index (χ1n) is 9.42. The van der Waals surface area contributed by atoms with Crippen molar-refractivity contribution in [2.45, 2.75) is 13.0 Å². The number of amides is 3. The molecule has 148 valence electrons. The third-order valence-corrected chi connectivity index (χ3v) is 5.31. The highest BCUT2D eigenvalue weighted by Crippen LogP contribution is 2.17. The average Bonchev–Trinajstić information content (AvgIpc) is 2.69. The van der Waals surface area contributed by atoms with Gasteiger partial charge >= 0.3 is 6.03 Å². The molecule has 8 heteroatoms. The van der Waals surface area contributed by atoms with Crippen molar-refractivity contribution in [1.29, 1.82) is 0 Å². The second kappa shape index (κ2) is 9.39. The molecule has 2 heterocycles. The number of rotatable bonds is 4. The minimum atomic E-state index is -0.128. The van der Waals surface area contributed by atoms with Gasteiger partial charge in [-0.25, -0.2) is 4.79 Å². The van der Waals surface area contributed by atoms with Crippen LogP contribution in [0, 0.1) is 0 Å². The Labute approximate surface area is 165 Å². The minimum absolute atomic E-state index is 0.109. The van der Waals surface area contributed by atoms with Gasteiger partial charge in [0.2, 0.25) is 5.91 Å². The Balaban J connectivity index is 1.44. The monoisotopic (exact) mass is 394 g/mol. The predicted molar refractivity (Wildman–Crippen MR) is 104 cm³/mol. The molecule has 1 aromatic carbocycles. The van der Waals surface area contributed by atoms with Crippen LogP contribution in [0.15, 0.2) is 24.3 Å². The maximum atomic E-state index is 12.5. The number of hydrogen-bond donors (Lipinski definition) is 1. The molecule has 0 saturated carbocycles. The van der Waals surface area contributed by atoms with Crippen LogP contribution in [0.5, 0.6) is 0 Å². The highest BCUT2D eigenvalue weighted by atomic mass is 35.5. The molecule has 0 radical (unpaired) electrons. The van der Waals surface area contributed by atoms with Crippen LogP contribution in [0.25, 0.3) is 0 Å². The van der Waals surface area contributed by atoms with Crippen LogP contribution in [-0.2, 0) is 9.53 Å². The van der Waals surface area contributed by atoms with Crippen LogP contribution >= 0.6 is 11.6 Å². The highest BCUT2D eigenvalue weighted by Gasteiger charge is 2.26. The van der Waals surface area contributed by atoms with Gasteiger partial charge in [-0.15, -0.1) is 0 Å². The van der Waals surface area contributed by atoms with Gasteiger partial charge in [-0.1, -0.05) is 23.7 Å². The summed E-state index contributed by atoms with van der Waals surface area (Å²) in [5.74, 6) is 0.129. The molecule has 1 atom stereocenters. The number of benzene rings is 1. The second-order valence-electron chi connectivity index (χ2n) is 6.98. The van der Waals surface area contributed by atoms with Crippen LogP contribution in [0.2, 0.25) is 5.02 Å². The molecule has 0 spiro atoms. The Hall–Kier alpha value is -1.83. The van der Waals surface area contributed by atoms with E-state index in [2.05, 4.69) is 10.2 Å². The third kappa shape index (κ3) is 5.57. The van der Waals surface area contributed by atoms with E-state index in [4.69, 9.17) is 16.3 Å². The fourth-order valence-electron chi connectivity index (χ4n) is 3.35. The summed E-state index contributed by atoms with van der Waals surface area (Å²) in [4.78, 5) is 30.7. The molecule has 27 heavy (non-hydrogen) atoms. The molecule has 1 N–H and O–H groups in total. The number of carbonyl (C=O) groups is 2. The van der Waals surface area contributed by atoms with E-state index in [1.165, 1.54) is 0 Å². The van der Waals surface area contributed by atoms with Crippen molar-refractivity contribution in [1.82, 2.24) is 20.0 Å². The topological polar surface area (TPSA) is 65.1 Å². The number of nitrogens with one attached hydrogen (secondary N) is 1. The van der Waals surface area contributed by atoms with E-state index in [-0.39, 0.29) is 18.0 Å². The normalized spacial score (nSPS) is 19.6. The first-order chi connectivity index (χ1) is 13.0. The molecule has 0 aromatic heterocycles. The lowest BCUT2D eigenvalue weighted by atomic mass is 10.1. The van der Waals surface area contributed by atoms with E-state index >= 15 is 0 Å². The molecule has 0 aliphatic carbocycles. The van der Waals surface area contributed by atoms with Gasteiger partial charge in [-0.3, -0.25) is 9.69 Å². The summed E-state index contributed by atoms with van der Waals surface area (Å²) in [6.07, 6.45) is 0. The van der Waals surface area contributed by atoms with E-state index < -0.39 is 0 Å². The predicted octanol–water partition coefficient (Wildman–Crippen LogP) is 1.59. The fraction of sp³-hybridized carbons (Fsp3) is 0.579. The summed E-state index contributed by atoms with van der Waals surface area (Å²) < 4.78 is 5.31. The van der Waals surface area contributed by atoms with Crippen LogP contribution in [0.1, 0.15) is 18.5 Å². The van der Waals surface area contributed by atoms with E-state index in [9.17, 15) is 9.59 Å². The Bertz CT molecular complexity index is 658. The summed E-state index contributed by atoms with van der Waals surface area (Å²) in [5, 5.41) is 3.66. The van der Waals surface area contributed by atoms with Crippen molar-refractivity contribution in [2.24, 2.45) is 0 Å². The van der Waals surface area contributed by atoms with E-state index in [1.54, 1.807) is 4.90 Å². The Kier molecular flexibility index (Phi) is 6.93. The van der Waals surface area contributed by atoms with Gasteiger partial charge in [0.05, 0.1) is 25.8 Å². The molecular formula is C19H27ClN4O3. The molecule has 7 nitrogen and oxygen atoms in total. The molecular weight excluding hydrogens is 368 g/mol. The first-order valence-corrected chi connectivity index (χ1v) is 9.79. The Morgan fingerprint density at radius 3 is 2.44 bits per heavy atom. The molecule has 0 bridgehead atoms. The maximum absolute atomic E-state index is 12.5.